The van der Waals surface area contributed by atoms with E-state index in [9.17, 15) is 0 Å². The Balaban J connectivity index is 2.17. The van der Waals surface area contributed by atoms with Crippen LogP contribution in [-0.4, -0.2) is 13.1 Å². The molecule has 1 heteroatoms. The van der Waals surface area contributed by atoms with Gasteiger partial charge in [0.15, 0.2) is 0 Å². The van der Waals surface area contributed by atoms with Crippen molar-refractivity contribution in [3.63, 3.8) is 0 Å². The van der Waals surface area contributed by atoms with Gasteiger partial charge in [-0.25, -0.2) is 0 Å². The minimum absolute atomic E-state index is 0.976. The van der Waals surface area contributed by atoms with E-state index in [-0.39, 0.29) is 0 Å². The Bertz CT molecular complexity index is 108. The summed E-state index contributed by atoms with van der Waals surface area (Å²) in [4.78, 5) is 0. The molecule has 1 aliphatic carbocycles. The van der Waals surface area contributed by atoms with Gasteiger partial charge in [0.1, 0.15) is 0 Å². The summed E-state index contributed by atoms with van der Waals surface area (Å²) >= 11 is 0. The first-order valence-electron chi connectivity index (χ1n) is 5.59. The fourth-order valence-electron chi connectivity index (χ4n) is 2.12. The van der Waals surface area contributed by atoms with Crippen LogP contribution in [0.25, 0.3) is 0 Å². The highest BCUT2D eigenvalue weighted by molar-refractivity contribution is 4.78. The fourth-order valence-corrected chi connectivity index (χ4v) is 2.12. The van der Waals surface area contributed by atoms with Crippen LogP contribution >= 0.6 is 0 Å². The Hall–Kier alpha value is -0.0400. The molecule has 1 aliphatic rings. The van der Waals surface area contributed by atoms with Crippen LogP contribution in [0, 0.1) is 11.8 Å². The van der Waals surface area contributed by atoms with Gasteiger partial charge >= 0.3 is 0 Å². The maximum Gasteiger partial charge on any atom is -0.00180 e. The summed E-state index contributed by atoms with van der Waals surface area (Å²) in [5.74, 6) is 2.03. The van der Waals surface area contributed by atoms with E-state index in [1.54, 1.807) is 0 Å². The molecular formula is C11H23N. The molecule has 0 spiro atoms. The molecule has 1 nitrogen and oxygen atoms in total. The molecule has 72 valence electrons. The van der Waals surface area contributed by atoms with E-state index in [1.165, 1.54) is 38.6 Å². The van der Waals surface area contributed by atoms with E-state index in [1.807, 2.05) is 0 Å². The lowest BCUT2D eigenvalue weighted by Crippen LogP contribution is -2.31. The van der Waals surface area contributed by atoms with Crippen molar-refractivity contribution in [3.05, 3.63) is 0 Å². The zero-order valence-corrected chi connectivity index (χ0v) is 8.60. The van der Waals surface area contributed by atoms with Crippen LogP contribution in [0.1, 0.15) is 46.0 Å². The summed E-state index contributed by atoms with van der Waals surface area (Å²) in [6.07, 6.45) is 7.26. The van der Waals surface area contributed by atoms with Crippen molar-refractivity contribution in [2.45, 2.75) is 46.0 Å². The van der Waals surface area contributed by atoms with Crippen molar-refractivity contribution in [2.24, 2.45) is 11.8 Å². The fraction of sp³-hybridized carbons (Fsp3) is 1.00. The summed E-state index contributed by atoms with van der Waals surface area (Å²) in [5, 5.41) is 3.48. The summed E-state index contributed by atoms with van der Waals surface area (Å²) < 4.78 is 0. The van der Waals surface area contributed by atoms with E-state index in [2.05, 4.69) is 19.2 Å². The standard InChI is InChI=1S/C11H23N/c1-3-6-11(9-12-4-2)10-7-5-8-10/h10-12H,3-9H2,1-2H3. The topological polar surface area (TPSA) is 12.0 Å². The Morgan fingerprint density at radius 1 is 1.33 bits per heavy atom. The zero-order valence-electron chi connectivity index (χ0n) is 8.60. The smallest absolute Gasteiger partial charge is 0.00180 e. The Morgan fingerprint density at radius 2 is 2.08 bits per heavy atom. The molecule has 1 atom stereocenters. The molecule has 0 radical (unpaired) electrons. The SMILES string of the molecule is CCCC(CNCC)C1CCC1. The molecule has 0 heterocycles. The summed E-state index contributed by atoms with van der Waals surface area (Å²) in [6, 6.07) is 0. The van der Waals surface area contributed by atoms with Gasteiger partial charge in [-0.05, 0) is 31.3 Å². The molecule has 0 amide bonds. The van der Waals surface area contributed by atoms with Crippen LogP contribution in [0.4, 0.5) is 0 Å². The molecule has 0 aromatic carbocycles. The Morgan fingerprint density at radius 3 is 2.50 bits per heavy atom. The molecule has 12 heavy (non-hydrogen) atoms. The Labute approximate surface area is 76.9 Å². The first-order valence-corrected chi connectivity index (χ1v) is 5.59. The van der Waals surface area contributed by atoms with E-state index < -0.39 is 0 Å². The molecule has 0 aromatic rings. The molecule has 1 fully saturated rings. The van der Waals surface area contributed by atoms with Crippen LogP contribution in [0.5, 0.6) is 0 Å². The molecule has 1 saturated carbocycles. The zero-order chi connectivity index (χ0) is 8.81. The monoisotopic (exact) mass is 169 g/mol. The molecule has 1 rings (SSSR count). The van der Waals surface area contributed by atoms with Gasteiger partial charge in [-0.1, -0.05) is 39.5 Å². The second kappa shape index (κ2) is 5.58. The van der Waals surface area contributed by atoms with Crippen LogP contribution in [-0.2, 0) is 0 Å². The van der Waals surface area contributed by atoms with Gasteiger partial charge in [0.05, 0.1) is 0 Å². The minimum Gasteiger partial charge on any atom is -0.317 e. The predicted octanol–water partition coefficient (Wildman–Crippen LogP) is 2.81. The van der Waals surface area contributed by atoms with Crippen molar-refractivity contribution in [3.8, 4) is 0 Å². The van der Waals surface area contributed by atoms with Gasteiger partial charge in [-0.15, -0.1) is 0 Å². The lowest BCUT2D eigenvalue weighted by Gasteiger charge is -2.33. The minimum atomic E-state index is 0.976. The molecule has 0 saturated heterocycles. The normalized spacial score (nSPS) is 20.5. The van der Waals surface area contributed by atoms with Crippen molar-refractivity contribution in [2.75, 3.05) is 13.1 Å². The third-order valence-electron chi connectivity index (χ3n) is 3.13. The highest BCUT2D eigenvalue weighted by Crippen LogP contribution is 2.35. The maximum absolute atomic E-state index is 3.48. The summed E-state index contributed by atoms with van der Waals surface area (Å²) in [7, 11) is 0. The largest absolute Gasteiger partial charge is 0.317 e. The third kappa shape index (κ3) is 2.78. The number of rotatable bonds is 6. The van der Waals surface area contributed by atoms with Crippen molar-refractivity contribution in [1.29, 1.82) is 0 Å². The number of hydrogen-bond donors (Lipinski definition) is 1. The molecule has 0 aliphatic heterocycles. The van der Waals surface area contributed by atoms with E-state index >= 15 is 0 Å². The maximum atomic E-state index is 3.48. The lowest BCUT2D eigenvalue weighted by atomic mass is 9.74. The second-order valence-electron chi connectivity index (χ2n) is 4.05. The van der Waals surface area contributed by atoms with Crippen molar-refractivity contribution in [1.82, 2.24) is 5.32 Å². The number of hydrogen-bond acceptors (Lipinski definition) is 1. The predicted molar refractivity (Wildman–Crippen MR) is 54.3 cm³/mol. The summed E-state index contributed by atoms with van der Waals surface area (Å²) in [5.41, 5.74) is 0. The van der Waals surface area contributed by atoms with Gasteiger partial charge in [-0.2, -0.15) is 0 Å². The van der Waals surface area contributed by atoms with Crippen LogP contribution in [0.15, 0.2) is 0 Å². The van der Waals surface area contributed by atoms with E-state index in [0.717, 1.165) is 18.4 Å². The molecular weight excluding hydrogens is 146 g/mol. The Kier molecular flexibility index (Phi) is 4.67. The lowest BCUT2D eigenvalue weighted by molar-refractivity contribution is 0.190. The van der Waals surface area contributed by atoms with Crippen molar-refractivity contribution >= 4 is 0 Å². The van der Waals surface area contributed by atoms with Gasteiger partial charge in [0.25, 0.3) is 0 Å². The van der Waals surface area contributed by atoms with Gasteiger partial charge in [-0.3, -0.25) is 0 Å². The summed E-state index contributed by atoms with van der Waals surface area (Å²) in [6.45, 7) is 6.89. The first-order chi connectivity index (χ1) is 5.88. The third-order valence-corrected chi connectivity index (χ3v) is 3.13. The second-order valence-corrected chi connectivity index (χ2v) is 4.05. The van der Waals surface area contributed by atoms with E-state index in [0.29, 0.717) is 0 Å². The van der Waals surface area contributed by atoms with Crippen LogP contribution in [0.3, 0.4) is 0 Å². The highest BCUT2D eigenvalue weighted by atomic mass is 14.8. The molecule has 0 aromatic heterocycles. The average molecular weight is 169 g/mol. The quantitative estimate of drug-likeness (QED) is 0.644. The molecule has 1 N–H and O–H groups in total. The van der Waals surface area contributed by atoms with Gasteiger partial charge in [0, 0.05) is 0 Å². The van der Waals surface area contributed by atoms with Gasteiger partial charge < -0.3 is 5.32 Å². The number of nitrogens with one attached hydrogen (secondary N) is 1. The molecule has 0 bridgehead atoms. The van der Waals surface area contributed by atoms with Crippen LogP contribution < -0.4 is 5.32 Å². The van der Waals surface area contributed by atoms with Gasteiger partial charge in [0.2, 0.25) is 0 Å². The highest BCUT2D eigenvalue weighted by Gasteiger charge is 2.25. The van der Waals surface area contributed by atoms with Crippen molar-refractivity contribution < 1.29 is 0 Å². The average Bonchev–Trinajstić information content (AvgIpc) is 1.97. The first kappa shape index (κ1) is 10.0. The van der Waals surface area contributed by atoms with Crippen LogP contribution in [0.2, 0.25) is 0 Å². The molecule has 1 unspecified atom stereocenters. The van der Waals surface area contributed by atoms with E-state index in [4.69, 9.17) is 0 Å².